The quantitative estimate of drug-likeness (QED) is 0.819. The molecule has 0 spiro atoms. The van der Waals surface area contributed by atoms with Crippen molar-refractivity contribution in [3.8, 4) is 10.6 Å². The Hall–Kier alpha value is -1.93. The minimum absolute atomic E-state index is 0.254. The van der Waals surface area contributed by atoms with Gasteiger partial charge in [-0.1, -0.05) is 0 Å². The van der Waals surface area contributed by atoms with Gasteiger partial charge in [-0.05, 0) is 12.1 Å². The van der Waals surface area contributed by atoms with Crippen LogP contribution in [-0.2, 0) is 20.9 Å². The molecule has 2 aromatic rings. The fourth-order valence-electron chi connectivity index (χ4n) is 1.42. The second-order valence-electron chi connectivity index (χ2n) is 3.89. The third-order valence-corrected chi connectivity index (χ3v) is 4.08. The Morgan fingerprint density at radius 3 is 2.90 bits per heavy atom. The van der Waals surface area contributed by atoms with Gasteiger partial charge in [0.2, 0.25) is 0 Å². The number of esters is 1. The molecule has 6 nitrogen and oxygen atoms in total. The zero-order valence-electron chi connectivity index (χ0n) is 10.7. The predicted molar refractivity (Wildman–Crippen MR) is 78.3 cm³/mol. The molecular formula is C12H13N3O3S2. The number of anilines is 1. The van der Waals surface area contributed by atoms with Gasteiger partial charge in [-0.3, -0.25) is 9.59 Å². The minimum Gasteiger partial charge on any atom is -0.456 e. The lowest BCUT2D eigenvalue weighted by Gasteiger charge is -2.03. The maximum atomic E-state index is 11.4. The van der Waals surface area contributed by atoms with Gasteiger partial charge in [0, 0.05) is 17.2 Å². The van der Waals surface area contributed by atoms with Crippen LogP contribution in [0, 0.1) is 0 Å². The summed E-state index contributed by atoms with van der Waals surface area (Å²) in [5.41, 5.74) is 6.44. The van der Waals surface area contributed by atoms with Crippen LogP contribution in [0.4, 0.5) is 5.13 Å². The monoisotopic (exact) mass is 311 g/mol. The number of ether oxygens (including phenoxy) is 1. The van der Waals surface area contributed by atoms with E-state index in [-0.39, 0.29) is 12.5 Å². The first-order chi connectivity index (χ1) is 9.54. The van der Waals surface area contributed by atoms with Gasteiger partial charge in [-0.2, -0.15) is 0 Å². The summed E-state index contributed by atoms with van der Waals surface area (Å²) in [6.07, 6.45) is 0. The van der Waals surface area contributed by atoms with Crippen LogP contribution in [0.1, 0.15) is 11.8 Å². The molecule has 0 radical (unpaired) electrons. The van der Waals surface area contributed by atoms with Crippen LogP contribution >= 0.6 is 22.7 Å². The van der Waals surface area contributed by atoms with E-state index in [2.05, 4.69) is 15.0 Å². The number of nitrogen functional groups attached to an aromatic ring is 1. The molecule has 0 aliphatic heterocycles. The molecule has 1 amide bonds. The number of thiazole rings is 1. The fourth-order valence-corrected chi connectivity index (χ4v) is 2.96. The highest BCUT2D eigenvalue weighted by molar-refractivity contribution is 7.16. The SMILES string of the molecule is CC(=O)OCC(=O)NCc1ccc(-c2csc(N)n2)s1. The molecule has 2 rings (SSSR count). The highest BCUT2D eigenvalue weighted by Gasteiger charge is 2.08. The molecule has 20 heavy (non-hydrogen) atoms. The first-order valence-electron chi connectivity index (χ1n) is 5.75. The second-order valence-corrected chi connectivity index (χ2v) is 5.95. The first-order valence-corrected chi connectivity index (χ1v) is 7.44. The number of nitrogens with zero attached hydrogens (tertiary/aromatic N) is 1. The number of hydrogen-bond acceptors (Lipinski definition) is 7. The van der Waals surface area contributed by atoms with Crippen LogP contribution in [0.3, 0.4) is 0 Å². The van der Waals surface area contributed by atoms with E-state index < -0.39 is 5.97 Å². The van der Waals surface area contributed by atoms with E-state index in [9.17, 15) is 9.59 Å². The molecule has 0 bridgehead atoms. The summed E-state index contributed by atoms with van der Waals surface area (Å²) < 4.78 is 4.60. The van der Waals surface area contributed by atoms with E-state index >= 15 is 0 Å². The number of carbonyl (C=O) groups is 2. The molecule has 8 heteroatoms. The lowest BCUT2D eigenvalue weighted by molar-refractivity contribution is -0.146. The van der Waals surface area contributed by atoms with E-state index in [0.717, 1.165) is 15.4 Å². The lowest BCUT2D eigenvalue weighted by Crippen LogP contribution is -2.27. The van der Waals surface area contributed by atoms with Crippen LogP contribution in [0.2, 0.25) is 0 Å². The van der Waals surface area contributed by atoms with E-state index in [1.807, 2.05) is 17.5 Å². The summed E-state index contributed by atoms with van der Waals surface area (Å²) in [7, 11) is 0. The van der Waals surface area contributed by atoms with Crippen LogP contribution in [0.25, 0.3) is 10.6 Å². The van der Waals surface area contributed by atoms with Crippen molar-refractivity contribution in [1.29, 1.82) is 0 Å². The second kappa shape index (κ2) is 6.49. The number of hydrogen-bond donors (Lipinski definition) is 2. The molecule has 0 saturated heterocycles. The molecule has 0 saturated carbocycles. The Labute approximate surface area is 123 Å². The van der Waals surface area contributed by atoms with Gasteiger partial charge < -0.3 is 15.8 Å². The number of amides is 1. The number of aromatic nitrogens is 1. The zero-order valence-corrected chi connectivity index (χ0v) is 12.3. The first kappa shape index (κ1) is 14.5. The van der Waals surface area contributed by atoms with Crippen molar-refractivity contribution < 1.29 is 14.3 Å². The molecule has 0 aliphatic rings. The maximum Gasteiger partial charge on any atom is 0.303 e. The van der Waals surface area contributed by atoms with E-state index in [4.69, 9.17) is 5.73 Å². The van der Waals surface area contributed by atoms with Crippen LogP contribution in [0.5, 0.6) is 0 Å². The standard InChI is InChI=1S/C12H13N3O3S2/c1-7(16)18-5-11(17)14-4-8-2-3-10(20-8)9-6-19-12(13)15-9/h2-3,6H,4-5H2,1H3,(H2,13,15)(H,14,17). The number of nitrogens with one attached hydrogen (secondary N) is 1. The smallest absolute Gasteiger partial charge is 0.303 e. The number of rotatable bonds is 5. The lowest BCUT2D eigenvalue weighted by atomic mass is 10.3. The summed E-state index contributed by atoms with van der Waals surface area (Å²) in [5, 5.41) is 5.10. The predicted octanol–water partition coefficient (Wildman–Crippen LogP) is 1.63. The van der Waals surface area contributed by atoms with Crippen molar-refractivity contribution >= 4 is 39.7 Å². The topological polar surface area (TPSA) is 94.3 Å². The van der Waals surface area contributed by atoms with Crippen molar-refractivity contribution in [1.82, 2.24) is 10.3 Å². The van der Waals surface area contributed by atoms with Gasteiger partial charge in [-0.25, -0.2) is 4.98 Å². The Morgan fingerprint density at radius 2 is 2.25 bits per heavy atom. The highest BCUT2D eigenvalue weighted by atomic mass is 32.1. The van der Waals surface area contributed by atoms with Gasteiger partial charge in [0.05, 0.1) is 17.1 Å². The summed E-state index contributed by atoms with van der Waals surface area (Å²) in [4.78, 5) is 28.1. The molecule has 106 valence electrons. The van der Waals surface area contributed by atoms with Crippen molar-refractivity contribution in [2.75, 3.05) is 12.3 Å². The summed E-state index contributed by atoms with van der Waals surface area (Å²) in [6, 6.07) is 3.86. The zero-order chi connectivity index (χ0) is 14.5. The molecule has 3 N–H and O–H groups in total. The molecule has 0 unspecified atom stereocenters. The van der Waals surface area contributed by atoms with E-state index in [1.165, 1.54) is 29.6 Å². The number of thiophene rings is 1. The van der Waals surface area contributed by atoms with Crippen molar-refractivity contribution in [2.24, 2.45) is 0 Å². The van der Waals surface area contributed by atoms with Gasteiger partial charge in [0.1, 0.15) is 0 Å². The normalized spacial score (nSPS) is 10.2. The summed E-state index contributed by atoms with van der Waals surface area (Å²) >= 11 is 2.92. The average molecular weight is 311 g/mol. The molecule has 2 aromatic heterocycles. The van der Waals surface area contributed by atoms with Gasteiger partial charge in [0.15, 0.2) is 11.7 Å². The largest absolute Gasteiger partial charge is 0.456 e. The molecule has 0 atom stereocenters. The van der Waals surface area contributed by atoms with E-state index in [1.54, 1.807) is 0 Å². The molecule has 0 aliphatic carbocycles. The maximum absolute atomic E-state index is 11.4. The fraction of sp³-hybridized carbons (Fsp3) is 0.250. The third-order valence-electron chi connectivity index (χ3n) is 2.30. The molecule has 0 fully saturated rings. The van der Waals surface area contributed by atoms with Crippen molar-refractivity contribution in [2.45, 2.75) is 13.5 Å². The Balaban J connectivity index is 1.87. The van der Waals surface area contributed by atoms with E-state index in [0.29, 0.717) is 11.7 Å². The highest BCUT2D eigenvalue weighted by Crippen LogP contribution is 2.29. The van der Waals surface area contributed by atoms with Gasteiger partial charge >= 0.3 is 5.97 Å². The van der Waals surface area contributed by atoms with Crippen molar-refractivity contribution in [3.63, 3.8) is 0 Å². The van der Waals surface area contributed by atoms with Crippen LogP contribution in [0.15, 0.2) is 17.5 Å². The third kappa shape index (κ3) is 4.04. The van der Waals surface area contributed by atoms with Crippen LogP contribution in [-0.4, -0.2) is 23.5 Å². The van der Waals surface area contributed by atoms with Crippen LogP contribution < -0.4 is 11.1 Å². The number of carbonyl (C=O) groups excluding carboxylic acids is 2. The summed E-state index contributed by atoms with van der Waals surface area (Å²) in [5.74, 6) is -0.798. The summed E-state index contributed by atoms with van der Waals surface area (Å²) in [6.45, 7) is 1.40. The Morgan fingerprint density at radius 1 is 1.45 bits per heavy atom. The number of nitrogens with two attached hydrogens (primary N) is 1. The molecule has 2 heterocycles. The average Bonchev–Trinajstić information content (AvgIpc) is 3.02. The minimum atomic E-state index is -0.473. The van der Waals surface area contributed by atoms with Gasteiger partial charge in [-0.15, -0.1) is 22.7 Å². The Kier molecular flexibility index (Phi) is 4.70. The van der Waals surface area contributed by atoms with Crippen molar-refractivity contribution in [3.05, 3.63) is 22.4 Å². The Bertz CT molecular complexity index is 621. The molecular weight excluding hydrogens is 298 g/mol. The van der Waals surface area contributed by atoms with Gasteiger partial charge in [0.25, 0.3) is 5.91 Å². The molecule has 0 aromatic carbocycles.